The highest BCUT2D eigenvalue weighted by Crippen LogP contribution is 2.37. The molecule has 1 aromatic carbocycles. The monoisotopic (exact) mass is 294 g/mol. The quantitative estimate of drug-likeness (QED) is 0.914. The SMILES string of the molecule is CC(NCC1CC2CCC(C1)N2C)c1ccc(F)c(F)c1. The maximum atomic E-state index is 13.3. The first-order valence-corrected chi connectivity index (χ1v) is 7.95. The molecule has 2 nitrogen and oxygen atoms in total. The third-order valence-corrected chi connectivity index (χ3v) is 5.35. The fraction of sp³-hybridized carbons (Fsp3) is 0.647. The van der Waals surface area contributed by atoms with E-state index < -0.39 is 11.6 Å². The zero-order valence-corrected chi connectivity index (χ0v) is 12.8. The maximum absolute atomic E-state index is 13.3. The van der Waals surface area contributed by atoms with E-state index in [1.54, 1.807) is 6.07 Å². The highest BCUT2D eigenvalue weighted by atomic mass is 19.2. The predicted octanol–water partition coefficient (Wildman–Crippen LogP) is 3.49. The average molecular weight is 294 g/mol. The van der Waals surface area contributed by atoms with Gasteiger partial charge in [0.15, 0.2) is 11.6 Å². The Morgan fingerprint density at radius 3 is 2.48 bits per heavy atom. The van der Waals surface area contributed by atoms with Crippen molar-refractivity contribution in [3.8, 4) is 0 Å². The van der Waals surface area contributed by atoms with Crippen molar-refractivity contribution in [2.24, 2.45) is 5.92 Å². The first-order chi connectivity index (χ1) is 10.0. The lowest BCUT2D eigenvalue weighted by Crippen LogP contribution is -2.42. The third-order valence-electron chi connectivity index (χ3n) is 5.35. The van der Waals surface area contributed by atoms with Crippen LogP contribution in [0.5, 0.6) is 0 Å². The van der Waals surface area contributed by atoms with E-state index in [2.05, 4.69) is 17.3 Å². The molecule has 0 radical (unpaired) electrons. The minimum absolute atomic E-state index is 0.0532. The third kappa shape index (κ3) is 3.11. The Morgan fingerprint density at radius 1 is 1.19 bits per heavy atom. The number of hydrogen-bond acceptors (Lipinski definition) is 2. The molecule has 2 fully saturated rings. The van der Waals surface area contributed by atoms with E-state index in [4.69, 9.17) is 0 Å². The van der Waals surface area contributed by atoms with Crippen molar-refractivity contribution in [2.45, 2.75) is 50.7 Å². The zero-order chi connectivity index (χ0) is 15.0. The molecule has 2 bridgehead atoms. The first kappa shape index (κ1) is 14.9. The Balaban J connectivity index is 1.54. The second-order valence-corrected chi connectivity index (χ2v) is 6.69. The van der Waals surface area contributed by atoms with Gasteiger partial charge in [-0.05, 0) is 69.8 Å². The van der Waals surface area contributed by atoms with E-state index in [-0.39, 0.29) is 6.04 Å². The highest BCUT2D eigenvalue weighted by molar-refractivity contribution is 5.20. The van der Waals surface area contributed by atoms with Crippen molar-refractivity contribution >= 4 is 0 Å². The molecule has 0 spiro atoms. The molecule has 2 saturated heterocycles. The van der Waals surface area contributed by atoms with Crippen LogP contribution in [0.15, 0.2) is 18.2 Å². The van der Waals surface area contributed by atoms with E-state index in [9.17, 15) is 8.78 Å². The minimum atomic E-state index is -0.780. The summed E-state index contributed by atoms with van der Waals surface area (Å²) in [6.07, 6.45) is 5.17. The van der Waals surface area contributed by atoms with Gasteiger partial charge in [0, 0.05) is 18.1 Å². The van der Waals surface area contributed by atoms with Crippen LogP contribution in [0.2, 0.25) is 0 Å². The van der Waals surface area contributed by atoms with Gasteiger partial charge in [-0.25, -0.2) is 8.78 Å². The normalized spacial score (nSPS) is 30.6. The number of rotatable bonds is 4. The summed E-state index contributed by atoms with van der Waals surface area (Å²) < 4.78 is 26.2. The van der Waals surface area contributed by atoms with Crippen LogP contribution in [0.25, 0.3) is 0 Å². The van der Waals surface area contributed by atoms with E-state index in [1.165, 1.54) is 37.8 Å². The van der Waals surface area contributed by atoms with Gasteiger partial charge < -0.3 is 10.2 Å². The van der Waals surface area contributed by atoms with Gasteiger partial charge in [0.2, 0.25) is 0 Å². The number of piperidine rings is 1. The van der Waals surface area contributed by atoms with Crippen molar-refractivity contribution in [1.29, 1.82) is 0 Å². The summed E-state index contributed by atoms with van der Waals surface area (Å²) in [6.45, 7) is 2.97. The molecule has 1 aromatic rings. The van der Waals surface area contributed by atoms with Gasteiger partial charge in [0.25, 0.3) is 0 Å². The highest BCUT2D eigenvalue weighted by Gasteiger charge is 2.38. The molecule has 3 rings (SSSR count). The molecule has 0 saturated carbocycles. The van der Waals surface area contributed by atoms with Gasteiger partial charge in [-0.2, -0.15) is 0 Å². The largest absolute Gasteiger partial charge is 0.310 e. The fourth-order valence-corrected chi connectivity index (χ4v) is 3.93. The zero-order valence-electron chi connectivity index (χ0n) is 12.8. The molecule has 2 heterocycles. The van der Waals surface area contributed by atoms with Crippen LogP contribution >= 0.6 is 0 Å². The van der Waals surface area contributed by atoms with Crippen molar-refractivity contribution in [3.05, 3.63) is 35.4 Å². The molecule has 116 valence electrons. The fourth-order valence-electron chi connectivity index (χ4n) is 3.93. The Morgan fingerprint density at radius 2 is 1.86 bits per heavy atom. The Bertz CT molecular complexity index is 492. The smallest absolute Gasteiger partial charge is 0.159 e. The lowest BCUT2D eigenvalue weighted by Gasteiger charge is -2.36. The topological polar surface area (TPSA) is 15.3 Å². The molecule has 3 unspecified atom stereocenters. The number of halogens is 2. The molecular weight excluding hydrogens is 270 g/mol. The molecule has 4 heteroatoms. The van der Waals surface area contributed by atoms with E-state index in [1.807, 2.05) is 6.92 Å². The van der Waals surface area contributed by atoms with Crippen LogP contribution in [0.3, 0.4) is 0 Å². The number of nitrogens with one attached hydrogen (secondary N) is 1. The molecule has 1 N–H and O–H groups in total. The second kappa shape index (κ2) is 6.01. The summed E-state index contributed by atoms with van der Waals surface area (Å²) in [5, 5.41) is 3.49. The summed E-state index contributed by atoms with van der Waals surface area (Å²) >= 11 is 0. The molecule has 0 amide bonds. The van der Waals surface area contributed by atoms with E-state index in [0.29, 0.717) is 5.92 Å². The van der Waals surface area contributed by atoms with Crippen molar-refractivity contribution in [2.75, 3.05) is 13.6 Å². The molecule has 0 aromatic heterocycles. The molecule has 21 heavy (non-hydrogen) atoms. The van der Waals surface area contributed by atoms with Crippen molar-refractivity contribution in [3.63, 3.8) is 0 Å². The predicted molar refractivity (Wildman–Crippen MR) is 80.1 cm³/mol. The second-order valence-electron chi connectivity index (χ2n) is 6.69. The van der Waals surface area contributed by atoms with Gasteiger partial charge >= 0.3 is 0 Å². The van der Waals surface area contributed by atoms with Crippen LogP contribution in [0, 0.1) is 17.6 Å². The van der Waals surface area contributed by atoms with Gasteiger partial charge in [0.1, 0.15) is 0 Å². The molecule has 2 aliphatic heterocycles. The summed E-state index contributed by atoms with van der Waals surface area (Å²) in [4.78, 5) is 2.54. The van der Waals surface area contributed by atoms with Crippen LogP contribution in [0.4, 0.5) is 8.78 Å². The maximum Gasteiger partial charge on any atom is 0.159 e. The lowest BCUT2D eigenvalue weighted by atomic mass is 9.90. The summed E-state index contributed by atoms with van der Waals surface area (Å²) in [5.41, 5.74) is 0.810. The van der Waals surface area contributed by atoms with Gasteiger partial charge in [0.05, 0.1) is 0 Å². The average Bonchev–Trinajstić information content (AvgIpc) is 2.69. The van der Waals surface area contributed by atoms with Gasteiger partial charge in [-0.15, -0.1) is 0 Å². The van der Waals surface area contributed by atoms with Crippen molar-refractivity contribution in [1.82, 2.24) is 10.2 Å². The van der Waals surface area contributed by atoms with Gasteiger partial charge in [-0.1, -0.05) is 6.07 Å². The minimum Gasteiger partial charge on any atom is -0.310 e. The van der Waals surface area contributed by atoms with Crippen LogP contribution in [-0.2, 0) is 0 Å². The van der Waals surface area contributed by atoms with E-state index >= 15 is 0 Å². The summed E-state index contributed by atoms with van der Waals surface area (Å²) in [6, 6.07) is 5.71. The standard InChI is InChI=1S/C17H24F2N2/c1-11(13-3-6-16(18)17(19)9-13)20-10-12-7-14-4-5-15(8-12)21(14)2/h3,6,9,11-12,14-15,20H,4-5,7-8,10H2,1-2H3. The number of benzene rings is 1. The molecule has 0 aliphatic carbocycles. The Labute approximate surface area is 125 Å². The molecule has 3 atom stereocenters. The van der Waals surface area contributed by atoms with Crippen molar-refractivity contribution < 1.29 is 8.78 Å². The summed E-state index contributed by atoms with van der Waals surface area (Å²) in [7, 11) is 2.25. The number of fused-ring (bicyclic) bond motifs is 2. The molecule has 2 aliphatic rings. The summed E-state index contributed by atoms with van der Waals surface area (Å²) in [5.74, 6) is -0.845. The lowest BCUT2D eigenvalue weighted by molar-refractivity contribution is 0.131. The van der Waals surface area contributed by atoms with E-state index in [0.717, 1.165) is 24.2 Å². The number of hydrogen-bond donors (Lipinski definition) is 1. The van der Waals surface area contributed by atoms with Crippen LogP contribution in [-0.4, -0.2) is 30.6 Å². The van der Waals surface area contributed by atoms with Crippen LogP contribution < -0.4 is 5.32 Å². The Kier molecular flexibility index (Phi) is 4.27. The first-order valence-electron chi connectivity index (χ1n) is 7.95. The number of nitrogens with zero attached hydrogens (tertiary/aromatic N) is 1. The van der Waals surface area contributed by atoms with Crippen LogP contribution in [0.1, 0.15) is 44.2 Å². The Hall–Kier alpha value is -1.00. The van der Waals surface area contributed by atoms with Gasteiger partial charge in [-0.3, -0.25) is 0 Å². The molecular formula is C17H24F2N2.